The van der Waals surface area contributed by atoms with Crippen LogP contribution in [0.5, 0.6) is 0 Å². The van der Waals surface area contributed by atoms with Crippen molar-refractivity contribution in [2.75, 3.05) is 7.05 Å². The first-order valence-electron chi connectivity index (χ1n) is 6.02. The van der Waals surface area contributed by atoms with E-state index in [1.807, 2.05) is 7.05 Å². The molecule has 0 amide bonds. The van der Waals surface area contributed by atoms with E-state index in [-0.39, 0.29) is 0 Å². The molecule has 1 atom stereocenters. The first-order chi connectivity index (χ1) is 8.15. The van der Waals surface area contributed by atoms with Crippen molar-refractivity contribution in [3.63, 3.8) is 0 Å². The van der Waals surface area contributed by atoms with E-state index >= 15 is 0 Å². The maximum Gasteiger partial charge on any atom is 0.148 e. The first kappa shape index (κ1) is 12.7. The van der Waals surface area contributed by atoms with Crippen molar-refractivity contribution in [2.45, 2.75) is 32.7 Å². The van der Waals surface area contributed by atoms with E-state index in [0.29, 0.717) is 6.04 Å². The molecule has 1 N–H and O–H groups in total. The first-order valence-corrected chi connectivity index (χ1v) is 6.81. The summed E-state index contributed by atoms with van der Waals surface area (Å²) in [5.74, 6) is 1.02. The molecule has 0 saturated carbocycles. The Bertz CT molecular complexity index is 518. The van der Waals surface area contributed by atoms with Crippen molar-refractivity contribution < 1.29 is 4.42 Å². The Hall–Kier alpha value is -0.800. The maximum atomic E-state index is 5.95. The zero-order chi connectivity index (χ0) is 12.4. The SMILES string of the molecule is CCCC(NC)c1cc2cc(C)cc(Br)c2o1. The normalized spacial score (nSPS) is 13.2. The highest BCUT2D eigenvalue weighted by atomic mass is 79.9. The quantitative estimate of drug-likeness (QED) is 0.894. The molecular weight excluding hydrogens is 278 g/mol. The lowest BCUT2D eigenvalue weighted by molar-refractivity contribution is 0.429. The van der Waals surface area contributed by atoms with Gasteiger partial charge < -0.3 is 9.73 Å². The molecule has 0 bridgehead atoms. The molecule has 1 aromatic heterocycles. The van der Waals surface area contributed by atoms with E-state index in [1.165, 1.54) is 10.9 Å². The number of hydrogen-bond donors (Lipinski definition) is 1. The average Bonchev–Trinajstić information content (AvgIpc) is 2.69. The van der Waals surface area contributed by atoms with Gasteiger partial charge in [0.1, 0.15) is 11.3 Å². The minimum Gasteiger partial charge on any atom is -0.458 e. The minimum atomic E-state index is 0.305. The van der Waals surface area contributed by atoms with Crippen LogP contribution in [0.15, 0.2) is 27.1 Å². The predicted octanol–water partition coefficient (Wildman–Crippen LogP) is 4.56. The van der Waals surface area contributed by atoms with Gasteiger partial charge in [-0.2, -0.15) is 0 Å². The maximum absolute atomic E-state index is 5.95. The molecule has 0 spiro atoms. The molecule has 0 radical (unpaired) electrons. The topological polar surface area (TPSA) is 25.2 Å². The lowest BCUT2D eigenvalue weighted by Crippen LogP contribution is -2.15. The second kappa shape index (κ2) is 5.23. The van der Waals surface area contributed by atoms with E-state index in [9.17, 15) is 0 Å². The van der Waals surface area contributed by atoms with Crippen molar-refractivity contribution in [1.29, 1.82) is 0 Å². The van der Waals surface area contributed by atoms with Crippen LogP contribution >= 0.6 is 15.9 Å². The van der Waals surface area contributed by atoms with Gasteiger partial charge in [0.05, 0.1) is 10.5 Å². The smallest absolute Gasteiger partial charge is 0.148 e. The second-order valence-electron chi connectivity index (χ2n) is 4.44. The number of furan rings is 1. The largest absolute Gasteiger partial charge is 0.458 e. The fraction of sp³-hybridized carbons (Fsp3) is 0.429. The molecule has 0 aliphatic heterocycles. The predicted molar refractivity (Wildman–Crippen MR) is 75.4 cm³/mol. The van der Waals surface area contributed by atoms with Gasteiger partial charge in [-0.15, -0.1) is 0 Å². The highest BCUT2D eigenvalue weighted by Gasteiger charge is 2.15. The molecule has 1 aromatic carbocycles. The van der Waals surface area contributed by atoms with Crippen LogP contribution in [0.3, 0.4) is 0 Å². The molecule has 2 nitrogen and oxygen atoms in total. The van der Waals surface area contributed by atoms with Crippen molar-refractivity contribution in [3.05, 3.63) is 34.0 Å². The van der Waals surface area contributed by atoms with Crippen molar-refractivity contribution in [2.24, 2.45) is 0 Å². The summed E-state index contributed by atoms with van der Waals surface area (Å²) in [6.45, 7) is 4.28. The van der Waals surface area contributed by atoms with Crippen LogP contribution in [-0.4, -0.2) is 7.05 Å². The highest BCUT2D eigenvalue weighted by Crippen LogP contribution is 2.32. The molecule has 2 rings (SSSR count). The molecule has 0 saturated heterocycles. The Morgan fingerprint density at radius 3 is 2.76 bits per heavy atom. The monoisotopic (exact) mass is 295 g/mol. The number of fused-ring (bicyclic) bond motifs is 1. The van der Waals surface area contributed by atoms with Gasteiger partial charge in [0, 0.05) is 5.39 Å². The number of halogens is 1. The van der Waals surface area contributed by atoms with E-state index < -0.39 is 0 Å². The number of benzene rings is 1. The Morgan fingerprint density at radius 1 is 1.35 bits per heavy atom. The summed E-state index contributed by atoms with van der Waals surface area (Å²) in [7, 11) is 1.98. The van der Waals surface area contributed by atoms with Gasteiger partial charge in [-0.3, -0.25) is 0 Å². The van der Waals surface area contributed by atoms with E-state index in [2.05, 4.69) is 53.3 Å². The standard InChI is InChI=1S/C14H18BrNO/c1-4-5-12(16-3)13-8-10-6-9(2)7-11(15)14(10)17-13/h6-8,12,16H,4-5H2,1-3H3. The molecule has 3 heteroatoms. The zero-order valence-electron chi connectivity index (χ0n) is 10.5. The van der Waals surface area contributed by atoms with E-state index in [0.717, 1.165) is 28.7 Å². The van der Waals surface area contributed by atoms with Crippen LogP contribution < -0.4 is 5.32 Å². The van der Waals surface area contributed by atoms with Gasteiger partial charge in [-0.1, -0.05) is 13.3 Å². The Labute approximate surface area is 111 Å². The summed E-state index contributed by atoms with van der Waals surface area (Å²) >= 11 is 3.56. The van der Waals surface area contributed by atoms with Crippen LogP contribution in [0.2, 0.25) is 0 Å². The Morgan fingerprint density at radius 2 is 2.12 bits per heavy atom. The van der Waals surface area contributed by atoms with E-state index in [1.54, 1.807) is 0 Å². The highest BCUT2D eigenvalue weighted by molar-refractivity contribution is 9.10. The molecular formula is C14H18BrNO. The molecule has 0 aliphatic rings. The van der Waals surface area contributed by atoms with E-state index in [4.69, 9.17) is 4.42 Å². The Balaban J connectivity index is 2.46. The summed E-state index contributed by atoms with van der Waals surface area (Å²) in [6, 6.07) is 6.69. The third-order valence-electron chi connectivity index (χ3n) is 3.00. The second-order valence-corrected chi connectivity index (χ2v) is 5.30. The number of rotatable bonds is 4. The molecule has 17 heavy (non-hydrogen) atoms. The molecule has 1 heterocycles. The van der Waals surface area contributed by atoms with Crippen molar-refractivity contribution >= 4 is 26.9 Å². The van der Waals surface area contributed by atoms with Crippen LogP contribution in [-0.2, 0) is 0 Å². The zero-order valence-corrected chi connectivity index (χ0v) is 12.1. The van der Waals surface area contributed by atoms with Gasteiger partial charge in [0.25, 0.3) is 0 Å². The number of nitrogens with one attached hydrogen (secondary N) is 1. The van der Waals surface area contributed by atoms with Crippen LogP contribution in [0, 0.1) is 6.92 Å². The van der Waals surface area contributed by atoms with Crippen molar-refractivity contribution in [3.8, 4) is 0 Å². The molecule has 0 aliphatic carbocycles. The fourth-order valence-electron chi connectivity index (χ4n) is 2.16. The molecule has 2 aromatic rings. The van der Waals surface area contributed by atoms with Gasteiger partial charge >= 0.3 is 0 Å². The van der Waals surface area contributed by atoms with Gasteiger partial charge in [0.2, 0.25) is 0 Å². The molecule has 0 fully saturated rings. The van der Waals surface area contributed by atoms with Gasteiger partial charge in [-0.05, 0) is 60.1 Å². The summed E-state index contributed by atoms with van der Waals surface area (Å²) in [5, 5.41) is 4.47. The molecule has 1 unspecified atom stereocenters. The Kier molecular flexibility index (Phi) is 3.89. The van der Waals surface area contributed by atoms with Crippen LogP contribution in [0.25, 0.3) is 11.0 Å². The van der Waals surface area contributed by atoms with Crippen LogP contribution in [0.4, 0.5) is 0 Å². The summed E-state index contributed by atoms with van der Waals surface area (Å²) < 4.78 is 6.98. The number of hydrogen-bond acceptors (Lipinski definition) is 2. The third-order valence-corrected chi connectivity index (χ3v) is 3.59. The average molecular weight is 296 g/mol. The molecule has 92 valence electrons. The lowest BCUT2D eigenvalue weighted by atomic mass is 10.1. The summed E-state index contributed by atoms with van der Waals surface area (Å²) in [6.07, 6.45) is 2.23. The fourth-order valence-corrected chi connectivity index (χ4v) is 2.83. The summed E-state index contributed by atoms with van der Waals surface area (Å²) in [4.78, 5) is 0. The number of aryl methyl sites for hydroxylation is 1. The van der Waals surface area contributed by atoms with Crippen LogP contribution in [0.1, 0.15) is 37.1 Å². The summed E-state index contributed by atoms with van der Waals surface area (Å²) in [5.41, 5.74) is 2.19. The minimum absolute atomic E-state index is 0.305. The van der Waals surface area contributed by atoms with Gasteiger partial charge in [-0.25, -0.2) is 0 Å². The third kappa shape index (κ3) is 2.55. The van der Waals surface area contributed by atoms with Gasteiger partial charge in [0.15, 0.2) is 0 Å². The van der Waals surface area contributed by atoms with Crippen molar-refractivity contribution in [1.82, 2.24) is 5.32 Å². The lowest BCUT2D eigenvalue weighted by Gasteiger charge is -2.11.